The number of hydrogen-bond acceptors (Lipinski definition) is 3. The number of nitrogens with one attached hydrogen (secondary N) is 1. The molecule has 0 aliphatic heterocycles. The highest BCUT2D eigenvalue weighted by molar-refractivity contribution is 5.89. The normalized spacial score (nSPS) is 12.6. The van der Waals surface area contributed by atoms with Crippen molar-refractivity contribution in [2.24, 2.45) is 5.73 Å². The van der Waals surface area contributed by atoms with Gasteiger partial charge in [-0.05, 0) is 11.6 Å². The monoisotopic (exact) mass is 234 g/mol. The Bertz CT molecular complexity index is 548. The number of rotatable bonds is 4. The zero-order valence-corrected chi connectivity index (χ0v) is 9.43. The first kappa shape index (κ1) is 11.5. The molecule has 0 radical (unpaired) electrons. The minimum Gasteiger partial charge on any atom is -0.495 e. The molecule has 0 saturated carbocycles. The molecule has 2 aromatic rings. The lowest BCUT2D eigenvalue weighted by atomic mass is 10.1. The van der Waals surface area contributed by atoms with Gasteiger partial charge in [0.2, 0.25) is 0 Å². The van der Waals surface area contributed by atoms with E-state index in [-0.39, 0.29) is 0 Å². The maximum atomic E-state index is 10.7. The Morgan fingerprint density at radius 2 is 2.35 bits per heavy atom. The van der Waals surface area contributed by atoms with E-state index in [0.717, 1.165) is 22.2 Å². The topological polar surface area (TPSA) is 88.3 Å². The third kappa shape index (κ3) is 2.09. The van der Waals surface area contributed by atoms with Gasteiger partial charge in [0, 0.05) is 18.0 Å². The summed E-state index contributed by atoms with van der Waals surface area (Å²) < 4.78 is 5.21. The first-order valence-electron chi connectivity index (χ1n) is 5.25. The molecule has 0 saturated heterocycles. The lowest BCUT2D eigenvalue weighted by molar-refractivity contribution is -0.138. The standard InChI is InChI=1S/C12H14N2O3/c1-17-10-4-2-3-8-7(6-14-11(8)10)5-9(13)12(15)16/h2-4,6,9,14H,5,13H2,1H3,(H,15,16)/t9-/m1/s1. The average molecular weight is 234 g/mol. The highest BCUT2D eigenvalue weighted by Crippen LogP contribution is 2.27. The molecule has 2 rings (SSSR count). The summed E-state index contributed by atoms with van der Waals surface area (Å²) in [5.41, 5.74) is 7.27. The fourth-order valence-corrected chi connectivity index (χ4v) is 1.85. The van der Waals surface area contributed by atoms with Crippen molar-refractivity contribution < 1.29 is 14.6 Å². The quantitative estimate of drug-likeness (QED) is 0.740. The zero-order valence-electron chi connectivity index (χ0n) is 9.43. The summed E-state index contributed by atoms with van der Waals surface area (Å²) in [6, 6.07) is 4.74. The van der Waals surface area contributed by atoms with Gasteiger partial charge in [-0.1, -0.05) is 12.1 Å². The molecule has 4 N–H and O–H groups in total. The third-order valence-corrected chi connectivity index (χ3v) is 2.74. The number of nitrogens with two attached hydrogens (primary N) is 1. The predicted molar refractivity (Wildman–Crippen MR) is 64.2 cm³/mol. The van der Waals surface area contributed by atoms with Gasteiger partial charge >= 0.3 is 5.97 Å². The minimum absolute atomic E-state index is 0.294. The number of aromatic nitrogens is 1. The van der Waals surface area contributed by atoms with Crippen LogP contribution in [0.2, 0.25) is 0 Å². The summed E-state index contributed by atoms with van der Waals surface area (Å²) in [7, 11) is 1.60. The number of hydrogen-bond donors (Lipinski definition) is 3. The number of benzene rings is 1. The molecule has 0 amide bonds. The number of para-hydroxylation sites is 1. The van der Waals surface area contributed by atoms with Crippen LogP contribution < -0.4 is 10.5 Å². The Kier molecular flexibility index (Phi) is 3.01. The van der Waals surface area contributed by atoms with Gasteiger partial charge in [0.05, 0.1) is 12.6 Å². The first-order chi connectivity index (χ1) is 8.13. The highest BCUT2D eigenvalue weighted by atomic mass is 16.5. The smallest absolute Gasteiger partial charge is 0.320 e. The van der Waals surface area contributed by atoms with Crippen LogP contribution in [0.5, 0.6) is 5.75 Å². The van der Waals surface area contributed by atoms with Gasteiger partial charge in [0.15, 0.2) is 0 Å². The molecule has 0 bridgehead atoms. The molecule has 0 fully saturated rings. The fraction of sp³-hybridized carbons (Fsp3) is 0.250. The van der Waals surface area contributed by atoms with Gasteiger partial charge in [0.25, 0.3) is 0 Å². The molecular weight excluding hydrogens is 220 g/mol. The van der Waals surface area contributed by atoms with Gasteiger partial charge in [0.1, 0.15) is 11.8 Å². The van der Waals surface area contributed by atoms with E-state index >= 15 is 0 Å². The molecule has 5 heteroatoms. The molecule has 5 nitrogen and oxygen atoms in total. The van der Waals surface area contributed by atoms with Crippen molar-refractivity contribution in [3.8, 4) is 5.75 Å². The molecule has 1 aromatic carbocycles. The van der Waals surface area contributed by atoms with Gasteiger partial charge in [-0.25, -0.2) is 0 Å². The number of carbonyl (C=O) groups is 1. The fourth-order valence-electron chi connectivity index (χ4n) is 1.85. The van der Waals surface area contributed by atoms with E-state index in [1.54, 1.807) is 13.3 Å². The van der Waals surface area contributed by atoms with Gasteiger partial charge in [-0.2, -0.15) is 0 Å². The van der Waals surface area contributed by atoms with Crippen molar-refractivity contribution in [2.75, 3.05) is 7.11 Å². The van der Waals surface area contributed by atoms with Crippen molar-refractivity contribution in [3.05, 3.63) is 30.0 Å². The summed E-state index contributed by atoms with van der Waals surface area (Å²) in [5, 5.41) is 9.74. The Morgan fingerprint density at radius 3 is 3.00 bits per heavy atom. The number of carboxylic acids is 1. The second-order valence-corrected chi connectivity index (χ2v) is 3.85. The van der Waals surface area contributed by atoms with E-state index in [0.29, 0.717) is 6.42 Å². The molecule has 1 atom stereocenters. The van der Waals surface area contributed by atoms with E-state index < -0.39 is 12.0 Å². The molecule has 90 valence electrons. The van der Waals surface area contributed by atoms with Crippen LogP contribution in [-0.4, -0.2) is 29.2 Å². The highest BCUT2D eigenvalue weighted by Gasteiger charge is 2.15. The van der Waals surface area contributed by atoms with Crippen LogP contribution in [0.1, 0.15) is 5.56 Å². The van der Waals surface area contributed by atoms with Crippen LogP contribution in [0.3, 0.4) is 0 Å². The van der Waals surface area contributed by atoms with E-state index in [9.17, 15) is 4.79 Å². The number of aliphatic carboxylic acids is 1. The Labute approximate surface area is 98.2 Å². The van der Waals surface area contributed by atoms with Crippen LogP contribution in [0.15, 0.2) is 24.4 Å². The van der Waals surface area contributed by atoms with Crippen LogP contribution >= 0.6 is 0 Å². The third-order valence-electron chi connectivity index (χ3n) is 2.74. The van der Waals surface area contributed by atoms with Gasteiger partial charge in [-0.15, -0.1) is 0 Å². The molecule has 1 aromatic heterocycles. The van der Waals surface area contributed by atoms with E-state index in [1.807, 2.05) is 18.2 Å². The Hall–Kier alpha value is -2.01. The average Bonchev–Trinajstić information content (AvgIpc) is 2.72. The maximum absolute atomic E-state index is 10.7. The van der Waals surface area contributed by atoms with Crippen molar-refractivity contribution in [1.29, 1.82) is 0 Å². The SMILES string of the molecule is COc1cccc2c(C[C@@H](N)C(=O)O)c[nH]c12. The number of methoxy groups -OCH3 is 1. The second-order valence-electron chi connectivity index (χ2n) is 3.85. The molecule has 0 spiro atoms. The Morgan fingerprint density at radius 1 is 1.59 bits per heavy atom. The van der Waals surface area contributed by atoms with E-state index in [4.69, 9.17) is 15.6 Å². The number of ether oxygens (including phenoxy) is 1. The number of aromatic amines is 1. The number of carboxylic acid groups (broad SMARTS) is 1. The summed E-state index contributed by atoms with van der Waals surface area (Å²) in [6.45, 7) is 0. The molecule has 0 aliphatic carbocycles. The van der Waals surface area contributed by atoms with Crippen molar-refractivity contribution in [3.63, 3.8) is 0 Å². The Balaban J connectivity index is 2.40. The van der Waals surface area contributed by atoms with Crippen LogP contribution in [-0.2, 0) is 11.2 Å². The molecule has 0 unspecified atom stereocenters. The number of H-pyrrole nitrogens is 1. The van der Waals surface area contributed by atoms with Crippen LogP contribution in [0.4, 0.5) is 0 Å². The molecular formula is C12H14N2O3. The minimum atomic E-state index is -0.998. The van der Waals surface area contributed by atoms with Gasteiger partial charge in [-0.3, -0.25) is 4.79 Å². The molecule has 0 aliphatic rings. The summed E-state index contributed by atoms with van der Waals surface area (Å²) in [5.74, 6) is -0.264. The lowest BCUT2D eigenvalue weighted by Gasteiger charge is -2.05. The number of fused-ring (bicyclic) bond motifs is 1. The van der Waals surface area contributed by atoms with Crippen LogP contribution in [0, 0.1) is 0 Å². The first-order valence-corrected chi connectivity index (χ1v) is 5.25. The summed E-state index contributed by atoms with van der Waals surface area (Å²) in [6.07, 6.45) is 2.07. The van der Waals surface area contributed by atoms with Crippen LogP contribution in [0.25, 0.3) is 10.9 Å². The van der Waals surface area contributed by atoms with Crippen molar-refractivity contribution in [1.82, 2.24) is 4.98 Å². The summed E-state index contributed by atoms with van der Waals surface area (Å²) >= 11 is 0. The predicted octanol–water partition coefficient (Wildman–Crippen LogP) is 1.13. The van der Waals surface area contributed by atoms with Gasteiger partial charge < -0.3 is 20.6 Å². The van der Waals surface area contributed by atoms with Crippen molar-refractivity contribution in [2.45, 2.75) is 12.5 Å². The lowest BCUT2D eigenvalue weighted by Crippen LogP contribution is -2.32. The maximum Gasteiger partial charge on any atom is 0.320 e. The summed E-state index contributed by atoms with van der Waals surface area (Å²) in [4.78, 5) is 13.8. The second kappa shape index (κ2) is 4.47. The van der Waals surface area contributed by atoms with E-state index in [1.165, 1.54) is 0 Å². The largest absolute Gasteiger partial charge is 0.495 e. The van der Waals surface area contributed by atoms with E-state index in [2.05, 4.69) is 4.98 Å². The molecule has 17 heavy (non-hydrogen) atoms. The zero-order chi connectivity index (χ0) is 12.4. The molecule has 1 heterocycles. The van der Waals surface area contributed by atoms with Crippen molar-refractivity contribution >= 4 is 16.9 Å².